The molecule has 0 aromatic carbocycles. The van der Waals surface area contributed by atoms with Crippen molar-refractivity contribution in [1.29, 1.82) is 0 Å². The third-order valence-electron chi connectivity index (χ3n) is 3.53. The molecular formula is C14H20BrNO. The van der Waals surface area contributed by atoms with Gasteiger partial charge in [0.25, 0.3) is 0 Å². The van der Waals surface area contributed by atoms with Gasteiger partial charge in [-0.1, -0.05) is 13.8 Å². The van der Waals surface area contributed by atoms with E-state index in [1.54, 1.807) is 6.20 Å². The van der Waals surface area contributed by atoms with E-state index in [1.165, 1.54) is 25.7 Å². The van der Waals surface area contributed by atoms with Gasteiger partial charge in [0.05, 0.1) is 12.7 Å². The lowest BCUT2D eigenvalue weighted by Crippen LogP contribution is -2.26. The third-order valence-corrected chi connectivity index (χ3v) is 3.97. The van der Waals surface area contributed by atoms with Gasteiger partial charge in [-0.25, -0.2) is 0 Å². The van der Waals surface area contributed by atoms with Crippen LogP contribution in [-0.2, 0) is 11.3 Å². The monoisotopic (exact) mass is 297 g/mol. The van der Waals surface area contributed by atoms with Gasteiger partial charge < -0.3 is 4.74 Å². The van der Waals surface area contributed by atoms with E-state index in [2.05, 4.69) is 40.8 Å². The van der Waals surface area contributed by atoms with Crippen LogP contribution in [0.1, 0.15) is 45.1 Å². The molecule has 17 heavy (non-hydrogen) atoms. The first-order valence-electron chi connectivity index (χ1n) is 6.26. The quantitative estimate of drug-likeness (QED) is 0.828. The van der Waals surface area contributed by atoms with Crippen LogP contribution in [0.25, 0.3) is 0 Å². The summed E-state index contributed by atoms with van der Waals surface area (Å²) in [5, 5.41) is 0. The molecule has 0 radical (unpaired) electrons. The van der Waals surface area contributed by atoms with Crippen LogP contribution < -0.4 is 0 Å². The number of hydrogen-bond donors (Lipinski definition) is 0. The standard InChI is InChI=1S/C14H20BrNO/c1-14(2)5-3-13(4-6-14)17-10-11-7-12(15)9-16-8-11/h7-9,13H,3-6,10H2,1-2H3. The largest absolute Gasteiger partial charge is 0.373 e. The van der Waals surface area contributed by atoms with Gasteiger partial charge in [0.2, 0.25) is 0 Å². The summed E-state index contributed by atoms with van der Waals surface area (Å²) >= 11 is 3.42. The predicted molar refractivity (Wildman–Crippen MR) is 72.8 cm³/mol. The lowest BCUT2D eigenvalue weighted by atomic mass is 9.76. The Morgan fingerprint density at radius 2 is 2.06 bits per heavy atom. The van der Waals surface area contributed by atoms with Crippen LogP contribution in [0.15, 0.2) is 22.9 Å². The highest BCUT2D eigenvalue weighted by molar-refractivity contribution is 9.10. The van der Waals surface area contributed by atoms with E-state index in [9.17, 15) is 0 Å². The molecule has 0 N–H and O–H groups in total. The second kappa shape index (κ2) is 5.49. The molecule has 1 aliphatic rings. The van der Waals surface area contributed by atoms with Crippen LogP contribution in [-0.4, -0.2) is 11.1 Å². The Labute approximate surface area is 112 Å². The van der Waals surface area contributed by atoms with Crippen LogP contribution in [0.2, 0.25) is 0 Å². The normalized spacial score (nSPS) is 20.4. The minimum absolute atomic E-state index is 0.432. The topological polar surface area (TPSA) is 22.1 Å². The van der Waals surface area contributed by atoms with Crippen molar-refractivity contribution in [1.82, 2.24) is 4.98 Å². The molecule has 0 atom stereocenters. The summed E-state index contributed by atoms with van der Waals surface area (Å²) in [6.45, 7) is 5.38. The first kappa shape index (κ1) is 13.0. The van der Waals surface area contributed by atoms with Gasteiger partial charge in [0.15, 0.2) is 0 Å². The number of aromatic nitrogens is 1. The molecule has 0 unspecified atom stereocenters. The molecule has 1 aromatic heterocycles. The highest BCUT2D eigenvalue weighted by Gasteiger charge is 2.27. The molecule has 0 bridgehead atoms. The van der Waals surface area contributed by atoms with Crippen molar-refractivity contribution < 1.29 is 4.74 Å². The lowest BCUT2D eigenvalue weighted by Gasteiger charge is -2.34. The van der Waals surface area contributed by atoms with Crippen LogP contribution in [0, 0.1) is 5.41 Å². The Hall–Kier alpha value is -0.410. The second-order valence-electron chi connectivity index (χ2n) is 5.69. The number of halogens is 1. The maximum atomic E-state index is 5.96. The van der Waals surface area contributed by atoms with Crippen molar-refractivity contribution in [3.63, 3.8) is 0 Å². The minimum Gasteiger partial charge on any atom is -0.373 e. The first-order chi connectivity index (χ1) is 8.05. The Bertz CT molecular complexity index is 368. The number of nitrogens with zero attached hydrogens (tertiary/aromatic N) is 1. The van der Waals surface area contributed by atoms with Crippen molar-refractivity contribution in [3.05, 3.63) is 28.5 Å². The van der Waals surface area contributed by atoms with Gasteiger partial charge in [0, 0.05) is 16.9 Å². The number of ether oxygens (including phenoxy) is 1. The molecule has 0 saturated heterocycles. The molecule has 1 heterocycles. The highest BCUT2D eigenvalue weighted by Crippen LogP contribution is 2.36. The maximum absolute atomic E-state index is 5.96. The first-order valence-corrected chi connectivity index (χ1v) is 7.05. The van der Waals surface area contributed by atoms with Crippen molar-refractivity contribution in [2.75, 3.05) is 0 Å². The second-order valence-corrected chi connectivity index (χ2v) is 6.60. The molecule has 1 fully saturated rings. The maximum Gasteiger partial charge on any atom is 0.0735 e. The third kappa shape index (κ3) is 4.07. The van der Waals surface area contributed by atoms with E-state index in [1.807, 2.05) is 6.20 Å². The molecule has 1 aromatic rings. The SMILES string of the molecule is CC1(C)CCC(OCc2cncc(Br)c2)CC1. The fraction of sp³-hybridized carbons (Fsp3) is 0.643. The lowest BCUT2D eigenvalue weighted by molar-refractivity contribution is -0.00569. The van der Waals surface area contributed by atoms with E-state index < -0.39 is 0 Å². The summed E-state index contributed by atoms with van der Waals surface area (Å²) < 4.78 is 6.97. The average molecular weight is 298 g/mol. The van der Waals surface area contributed by atoms with E-state index in [0.717, 1.165) is 10.0 Å². The molecule has 1 saturated carbocycles. The molecule has 2 rings (SSSR count). The van der Waals surface area contributed by atoms with E-state index in [4.69, 9.17) is 4.74 Å². The molecule has 1 aliphatic carbocycles. The molecule has 94 valence electrons. The van der Waals surface area contributed by atoms with E-state index in [0.29, 0.717) is 18.1 Å². The zero-order chi connectivity index (χ0) is 12.3. The summed E-state index contributed by atoms with van der Waals surface area (Å²) in [4.78, 5) is 4.14. The van der Waals surface area contributed by atoms with Gasteiger partial charge in [-0.3, -0.25) is 4.98 Å². The Morgan fingerprint density at radius 1 is 1.35 bits per heavy atom. The number of hydrogen-bond acceptors (Lipinski definition) is 2. The molecule has 0 spiro atoms. The highest BCUT2D eigenvalue weighted by atomic mass is 79.9. The summed E-state index contributed by atoms with van der Waals surface area (Å²) in [6.07, 6.45) is 9.03. The van der Waals surface area contributed by atoms with Crippen molar-refractivity contribution in [2.24, 2.45) is 5.41 Å². The van der Waals surface area contributed by atoms with Crippen LogP contribution >= 0.6 is 15.9 Å². The summed E-state index contributed by atoms with van der Waals surface area (Å²) in [6, 6.07) is 2.07. The van der Waals surface area contributed by atoms with Crippen molar-refractivity contribution in [2.45, 2.75) is 52.2 Å². The molecule has 0 amide bonds. The van der Waals surface area contributed by atoms with E-state index >= 15 is 0 Å². The van der Waals surface area contributed by atoms with Gasteiger partial charge in [-0.2, -0.15) is 0 Å². The van der Waals surface area contributed by atoms with Crippen LogP contribution in [0.3, 0.4) is 0 Å². The van der Waals surface area contributed by atoms with Gasteiger partial charge >= 0.3 is 0 Å². The van der Waals surface area contributed by atoms with Crippen molar-refractivity contribution >= 4 is 15.9 Å². The van der Waals surface area contributed by atoms with Gasteiger partial charge in [-0.05, 0) is 58.7 Å². The number of rotatable bonds is 3. The Kier molecular flexibility index (Phi) is 4.21. The summed E-state index contributed by atoms with van der Waals surface area (Å²) in [5.74, 6) is 0. The summed E-state index contributed by atoms with van der Waals surface area (Å²) in [7, 11) is 0. The Morgan fingerprint density at radius 3 is 2.71 bits per heavy atom. The summed E-state index contributed by atoms with van der Waals surface area (Å²) in [5.41, 5.74) is 1.65. The fourth-order valence-corrected chi connectivity index (χ4v) is 2.70. The predicted octanol–water partition coefficient (Wildman–Crippen LogP) is 4.33. The number of pyridine rings is 1. The zero-order valence-electron chi connectivity index (χ0n) is 10.6. The van der Waals surface area contributed by atoms with Crippen molar-refractivity contribution in [3.8, 4) is 0 Å². The fourth-order valence-electron chi connectivity index (χ4n) is 2.29. The van der Waals surface area contributed by atoms with E-state index in [-0.39, 0.29) is 0 Å². The van der Waals surface area contributed by atoms with Crippen LogP contribution in [0.4, 0.5) is 0 Å². The molecule has 3 heteroatoms. The Balaban J connectivity index is 1.80. The smallest absolute Gasteiger partial charge is 0.0735 e. The molecular weight excluding hydrogens is 278 g/mol. The van der Waals surface area contributed by atoms with Gasteiger partial charge in [0.1, 0.15) is 0 Å². The zero-order valence-corrected chi connectivity index (χ0v) is 12.2. The van der Waals surface area contributed by atoms with Crippen LogP contribution in [0.5, 0.6) is 0 Å². The molecule has 2 nitrogen and oxygen atoms in total. The van der Waals surface area contributed by atoms with Gasteiger partial charge in [-0.15, -0.1) is 0 Å². The minimum atomic E-state index is 0.432. The average Bonchev–Trinajstić information content (AvgIpc) is 2.28. The molecule has 0 aliphatic heterocycles.